The van der Waals surface area contributed by atoms with Gasteiger partial charge in [-0.1, -0.05) is 0 Å². The molecule has 1 aliphatic heterocycles. The van der Waals surface area contributed by atoms with Crippen LogP contribution in [-0.2, 0) is 4.79 Å². The Morgan fingerprint density at radius 2 is 1.82 bits per heavy atom. The molecule has 6 heteroatoms. The average Bonchev–Trinajstić information content (AvgIpc) is 2.89. The van der Waals surface area contributed by atoms with Crippen molar-refractivity contribution in [1.29, 1.82) is 0 Å². The number of ether oxygens (including phenoxy) is 2. The van der Waals surface area contributed by atoms with Crippen LogP contribution in [0.25, 0.3) is 0 Å². The third kappa shape index (κ3) is 2.49. The van der Waals surface area contributed by atoms with Crippen LogP contribution in [0.3, 0.4) is 0 Å². The molecule has 1 fully saturated rings. The molecule has 0 radical (unpaired) electrons. The van der Waals surface area contributed by atoms with Gasteiger partial charge >= 0.3 is 5.97 Å². The summed E-state index contributed by atoms with van der Waals surface area (Å²) in [6.07, 6.45) is 1.14. The summed E-state index contributed by atoms with van der Waals surface area (Å²) >= 11 is 0. The Morgan fingerprint density at radius 3 is 2.36 bits per heavy atom. The molecule has 1 amide bonds. The molecule has 1 saturated heterocycles. The topological polar surface area (TPSA) is 76.1 Å². The zero-order chi connectivity index (χ0) is 16.5. The highest BCUT2D eigenvalue weighted by molar-refractivity contribution is 5.99. The maximum Gasteiger partial charge on any atom is 0.329 e. The number of rotatable bonds is 4. The second-order valence-electron chi connectivity index (χ2n) is 5.66. The first kappa shape index (κ1) is 16.1. The molecule has 1 N–H and O–H groups in total. The number of carboxylic acid groups (broad SMARTS) is 1. The molecule has 6 nitrogen and oxygen atoms in total. The highest BCUT2D eigenvalue weighted by Gasteiger charge is 2.46. The summed E-state index contributed by atoms with van der Waals surface area (Å²) in [7, 11) is 3.03. The second kappa shape index (κ2) is 5.87. The molecule has 0 aromatic heterocycles. The zero-order valence-electron chi connectivity index (χ0n) is 13.3. The Kier molecular flexibility index (Phi) is 4.30. The molecule has 1 heterocycles. The van der Waals surface area contributed by atoms with E-state index >= 15 is 0 Å². The monoisotopic (exact) mass is 307 g/mol. The van der Waals surface area contributed by atoms with Crippen LogP contribution in [0.4, 0.5) is 0 Å². The predicted octanol–water partition coefficient (Wildman–Crippen LogP) is 2.09. The SMILES string of the molecule is COc1cc(C)c(C(=O)N2CCCC2(C)C(=O)O)cc1OC. The number of nitrogens with zero attached hydrogens (tertiary/aromatic N) is 1. The lowest BCUT2D eigenvalue weighted by Gasteiger charge is -2.31. The second-order valence-corrected chi connectivity index (χ2v) is 5.66. The maximum atomic E-state index is 12.8. The van der Waals surface area contributed by atoms with Crippen LogP contribution in [-0.4, -0.2) is 48.2 Å². The smallest absolute Gasteiger partial charge is 0.329 e. The van der Waals surface area contributed by atoms with Crippen LogP contribution in [0.1, 0.15) is 35.7 Å². The van der Waals surface area contributed by atoms with Crippen molar-refractivity contribution in [2.45, 2.75) is 32.2 Å². The fraction of sp³-hybridized carbons (Fsp3) is 0.500. The first-order chi connectivity index (χ1) is 10.3. The van der Waals surface area contributed by atoms with E-state index in [-0.39, 0.29) is 5.91 Å². The number of carbonyl (C=O) groups excluding carboxylic acids is 1. The van der Waals surface area contributed by atoms with Gasteiger partial charge in [-0.2, -0.15) is 0 Å². The summed E-state index contributed by atoms with van der Waals surface area (Å²) in [6, 6.07) is 3.33. The summed E-state index contributed by atoms with van der Waals surface area (Å²) < 4.78 is 10.4. The quantitative estimate of drug-likeness (QED) is 0.922. The van der Waals surface area contributed by atoms with Gasteiger partial charge in [-0.05, 0) is 44.4 Å². The predicted molar refractivity (Wildman–Crippen MR) is 80.6 cm³/mol. The van der Waals surface area contributed by atoms with Gasteiger partial charge in [-0.3, -0.25) is 4.79 Å². The van der Waals surface area contributed by atoms with Crippen LogP contribution in [0.15, 0.2) is 12.1 Å². The number of hydrogen-bond acceptors (Lipinski definition) is 4. The Morgan fingerprint density at radius 1 is 1.23 bits per heavy atom. The van der Waals surface area contributed by atoms with E-state index in [1.54, 1.807) is 26.0 Å². The molecule has 120 valence electrons. The Balaban J connectivity index is 2.43. The number of methoxy groups -OCH3 is 2. The molecule has 1 aromatic carbocycles. The highest BCUT2D eigenvalue weighted by Crippen LogP contribution is 2.35. The van der Waals surface area contributed by atoms with Crippen molar-refractivity contribution >= 4 is 11.9 Å². The first-order valence-corrected chi connectivity index (χ1v) is 7.13. The maximum absolute atomic E-state index is 12.8. The van der Waals surface area contributed by atoms with E-state index in [0.29, 0.717) is 36.4 Å². The normalized spacial score (nSPS) is 20.8. The Hall–Kier alpha value is -2.24. The fourth-order valence-corrected chi connectivity index (χ4v) is 2.87. The van der Waals surface area contributed by atoms with E-state index in [0.717, 1.165) is 5.56 Å². The molecule has 1 unspecified atom stereocenters. The molecule has 0 aliphatic carbocycles. The van der Waals surface area contributed by atoms with Gasteiger partial charge in [0.2, 0.25) is 0 Å². The van der Waals surface area contributed by atoms with E-state index in [2.05, 4.69) is 0 Å². The molecule has 0 bridgehead atoms. The van der Waals surface area contributed by atoms with Crippen molar-refractivity contribution in [2.75, 3.05) is 20.8 Å². The van der Waals surface area contributed by atoms with Gasteiger partial charge in [0.15, 0.2) is 11.5 Å². The van der Waals surface area contributed by atoms with E-state index < -0.39 is 11.5 Å². The minimum Gasteiger partial charge on any atom is -0.493 e. The van der Waals surface area contributed by atoms with Crippen LogP contribution in [0.2, 0.25) is 0 Å². The van der Waals surface area contributed by atoms with Crippen LogP contribution in [0.5, 0.6) is 11.5 Å². The van der Waals surface area contributed by atoms with Gasteiger partial charge in [0.1, 0.15) is 5.54 Å². The zero-order valence-corrected chi connectivity index (χ0v) is 13.3. The van der Waals surface area contributed by atoms with Crippen molar-refractivity contribution in [3.63, 3.8) is 0 Å². The lowest BCUT2D eigenvalue weighted by molar-refractivity contribution is -0.147. The number of likely N-dealkylation sites (tertiary alicyclic amines) is 1. The summed E-state index contributed by atoms with van der Waals surface area (Å²) in [4.78, 5) is 25.8. The fourth-order valence-electron chi connectivity index (χ4n) is 2.87. The summed E-state index contributed by atoms with van der Waals surface area (Å²) in [5.74, 6) is -0.274. The molecule has 1 aliphatic rings. The van der Waals surface area contributed by atoms with Gasteiger partial charge in [0.05, 0.1) is 14.2 Å². The van der Waals surface area contributed by atoms with Gasteiger partial charge in [0, 0.05) is 12.1 Å². The first-order valence-electron chi connectivity index (χ1n) is 7.13. The summed E-state index contributed by atoms with van der Waals surface area (Å²) in [6.45, 7) is 3.83. The highest BCUT2D eigenvalue weighted by atomic mass is 16.5. The minimum atomic E-state index is -1.16. The van der Waals surface area contributed by atoms with Gasteiger partial charge in [-0.25, -0.2) is 4.79 Å². The van der Waals surface area contributed by atoms with Crippen LogP contribution >= 0.6 is 0 Å². The summed E-state index contributed by atoms with van der Waals surface area (Å²) in [5.41, 5.74) is 0.00534. The van der Waals surface area contributed by atoms with E-state index in [4.69, 9.17) is 9.47 Å². The number of aryl methyl sites for hydroxylation is 1. The van der Waals surface area contributed by atoms with Crippen molar-refractivity contribution in [3.05, 3.63) is 23.3 Å². The third-order valence-corrected chi connectivity index (χ3v) is 4.31. The minimum absolute atomic E-state index is 0.291. The molecular formula is C16H21NO5. The number of aliphatic carboxylic acids is 1. The van der Waals surface area contributed by atoms with E-state index in [9.17, 15) is 14.7 Å². The van der Waals surface area contributed by atoms with Crippen LogP contribution < -0.4 is 9.47 Å². The number of hydrogen-bond donors (Lipinski definition) is 1. The standard InChI is InChI=1S/C16H21NO5/c1-10-8-12(21-3)13(22-4)9-11(10)14(18)17-7-5-6-16(17,2)15(19)20/h8-9H,5-7H2,1-4H3,(H,19,20). The molecular weight excluding hydrogens is 286 g/mol. The molecule has 0 spiro atoms. The van der Waals surface area contributed by atoms with E-state index in [1.807, 2.05) is 0 Å². The molecule has 1 aromatic rings. The molecule has 22 heavy (non-hydrogen) atoms. The largest absolute Gasteiger partial charge is 0.493 e. The van der Waals surface area contributed by atoms with Crippen LogP contribution in [0, 0.1) is 6.92 Å². The van der Waals surface area contributed by atoms with Gasteiger partial charge < -0.3 is 19.5 Å². The average molecular weight is 307 g/mol. The van der Waals surface area contributed by atoms with Crippen molar-refractivity contribution in [2.24, 2.45) is 0 Å². The number of carboxylic acids is 1. The molecule has 1 atom stereocenters. The Labute approximate surface area is 129 Å². The van der Waals surface area contributed by atoms with Crippen molar-refractivity contribution in [3.8, 4) is 11.5 Å². The van der Waals surface area contributed by atoms with E-state index in [1.165, 1.54) is 19.1 Å². The molecule has 0 saturated carbocycles. The lowest BCUT2D eigenvalue weighted by Crippen LogP contribution is -2.50. The molecule has 2 rings (SSSR count). The van der Waals surface area contributed by atoms with Crippen molar-refractivity contribution in [1.82, 2.24) is 4.90 Å². The number of carbonyl (C=O) groups is 2. The lowest BCUT2D eigenvalue weighted by atomic mass is 9.97. The van der Waals surface area contributed by atoms with Crippen molar-refractivity contribution < 1.29 is 24.2 Å². The van der Waals surface area contributed by atoms with Gasteiger partial charge in [0.25, 0.3) is 5.91 Å². The number of amides is 1. The van der Waals surface area contributed by atoms with Gasteiger partial charge in [-0.15, -0.1) is 0 Å². The summed E-state index contributed by atoms with van der Waals surface area (Å²) in [5, 5.41) is 9.45. The Bertz CT molecular complexity index is 613. The number of benzene rings is 1. The third-order valence-electron chi connectivity index (χ3n) is 4.31.